The Morgan fingerprint density at radius 2 is 1.57 bits per heavy atom. The zero-order chi connectivity index (χ0) is 15.2. The predicted octanol–water partition coefficient (Wildman–Crippen LogP) is 6.18. The van der Waals surface area contributed by atoms with Gasteiger partial charge in [-0.1, -0.05) is 41.9 Å². The Morgan fingerprint density at radius 1 is 0.952 bits per heavy atom. The maximum absolute atomic E-state index is 13.5. The summed E-state index contributed by atoms with van der Waals surface area (Å²) in [5, 5.41) is -0.461. The lowest BCUT2D eigenvalue weighted by atomic mass is 10.0. The number of unbranched alkanes of at least 4 members (excludes halogenated alkanes) is 2. The van der Waals surface area contributed by atoms with Gasteiger partial charge in [0.2, 0.25) is 0 Å². The number of rotatable bonds is 6. The Labute approximate surface area is 129 Å². The highest BCUT2D eigenvalue weighted by Crippen LogP contribution is 2.27. The van der Waals surface area contributed by atoms with Gasteiger partial charge in [-0.25, -0.2) is 8.78 Å². The summed E-state index contributed by atoms with van der Waals surface area (Å²) in [6, 6.07) is 10.3. The standard InChI is InChI=1S/C18H17ClF2/c1-2-3-4-5-6-13-7-9-14(10-8-13)15-11-16(20)18(19)17(21)12-15/h2,7-12H,1,3-6H2. The van der Waals surface area contributed by atoms with Crippen molar-refractivity contribution in [2.45, 2.75) is 25.7 Å². The molecule has 2 aromatic carbocycles. The van der Waals surface area contributed by atoms with Crippen LogP contribution in [0, 0.1) is 11.6 Å². The highest BCUT2D eigenvalue weighted by atomic mass is 35.5. The van der Waals surface area contributed by atoms with Gasteiger partial charge in [0.15, 0.2) is 0 Å². The molecule has 2 rings (SSSR count). The SMILES string of the molecule is C=CCCCCc1ccc(-c2cc(F)c(Cl)c(F)c2)cc1. The minimum atomic E-state index is -0.736. The molecule has 110 valence electrons. The molecule has 0 heterocycles. The monoisotopic (exact) mass is 306 g/mol. The van der Waals surface area contributed by atoms with Crippen molar-refractivity contribution in [3.05, 3.63) is 71.3 Å². The number of benzene rings is 2. The number of aryl methyl sites for hydroxylation is 1. The summed E-state index contributed by atoms with van der Waals surface area (Å²) in [4.78, 5) is 0. The molecule has 0 aliphatic heterocycles. The second kappa shape index (κ2) is 7.37. The fourth-order valence-corrected chi connectivity index (χ4v) is 2.31. The molecule has 3 heteroatoms. The number of hydrogen-bond donors (Lipinski definition) is 0. The highest BCUT2D eigenvalue weighted by molar-refractivity contribution is 6.31. The predicted molar refractivity (Wildman–Crippen MR) is 84.6 cm³/mol. The van der Waals surface area contributed by atoms with Gasteiger partial charge in [-0.2, -0.15) is 0 Å². The van der Waals surface area contributed by atoms with E-state index in [2.05, 4.69) is 6.58 Å². The summed E-state index contributed by atoms with van der Waals surface area (Å²) in [5.74, 6) is -1.47. The maximum atomic E-state index is 13.5. The molecule has 2 aromatic rings. The van der Waals surface area contributed by atoms with Gasteiger partial charge in [-0.05, 0) is 54.5 Å². The maximum Gasteiger partial charge on any atom is 0.145 e. The van der Waals surface area contributed by atoms with Gasteiger partial charge >= 0.3 is 0 Å². The average molecular weight is 307 g/mol. The van der Waals surface area contributed by atoms with Crippen LogP contribution in [0.4, 0.5) is 8.78 Å². The van der Waals surface area contributed by atoms with Crippen molar-refractivity contribution in [2.24, 2.45) is 0 Å². The molecule has 0 saturated heterocycles. The van der Waals surface area contributed by atoms with E-state index in [9.17, 15) is 8.78 Å². The number of hydrogen-bond acceptors (Lipinski definition) is 0. The van der Waals surface area contributed by atoms with Crippen molar-refractivity contribution in [3.63, 3.8) is 0 Å². The van der Waals surface area contributed by atoms with Crippen molar-refractivity contribution in [3.8, 4) is 11.1 Å². The van der Waals surface area contributed by atoms with Crippen LogP contribution >= 0.6 is 11.6 Å². The van der Waals surface area contributed by atoms with Crippen LogP contribution in [0.5, 0.6) is 0 Å². The second-order valence-corrected chi connectivity index (χ2v) is 5.36. The minimum absolute atomic E-state index is 0.461. The van der Waals surface area contributed by atoms with Gasteiger partial charge in [0.1, 0.15) is 16.7 Å². The molecule has 0 spiro atoms. The van der Waals surface area contributed by atoms with Crippen molar-refractivity contribution < 1.29 is 8.78 Å². The molecule has 0 aromatic heterocycles. The third-order valence-corrected chi connectivity index (χ3v) is 3.76. The lowest BCUT2D eigenvalue weighted by Gasteiger charge is -2.06. The Bertz CT molecular complexity index is 595. The van der Waals surface area contributed by atoms with E-state index >= 15 is 0 Å². The lowest BCUT2D eigenvalue weighted by molar-refractivity contribution is 0.585. The van der Waals surface area contributed by atoms with Crippen LogP contribution in [0.3, 0.4) is 0 Å². The summed E-state index contributed by atoms with van der Waals surface area (Å²) in [7, 11) is 0. The van der Waals surface area contributed by atoms with Crippen molar-refractivity contribution >= 4 is 11.6 Å². The molecule has 0 bridgehead atoms. The smallest absolute Gasteiger partial charge is 0.145 e. The first-order valence-corrected chi connectivity index (χ1v) is 7.34. The van der Waals surface area contributed by atoms with Crippen LogP contribution in [0.15, 0.2) is 49.1 Å². The van der Waals surface area contributed by atoms with Gasteiger partial charge in [-0.3, -0.25) is 0 Å². The van der Waals surface area contributed by atoms with Crippen LogP contribution in [0.2, 0.25) is 5.02 Å². The summed E-state index contributed by atoms with van der Waals surface area (Å²) in [5.41, 5.74) is 2.49. The van der Waals surface area contributed by atoms with Crippen LogP contribution in [-0.4, -0.2) is 0 Å². The Hall–Kier alpha value is -1.67. The number of halogens is 3. The van der Waals surface area contributed by atoms with E-state index in [1.54, 1.807) is 0 Å². The fourth-order valence-electron chi connectivity index (χ4n) is 2.20. The first-order chi connectivity index (χ1) is 10.1. The summed E-state index contributed by atoms with van der Waals surface area (Å²) < 4.78 is 26.9. The third-order valence-electron chi connectivity index (χ3n) is 3.39. The Morgan fingerprint density at radius 3 is 2.14 bits per heavy atom. The van der Waals surface area contributed by atoms with Crippen molar-refractivity contribution in [1.82, 2.24) is 0 Å². The van der Waals surface area contributed by atoms with Gasteiger partial charge < -0.3 is 0 Å². The molecule has 0 saturated carbocycles. The lowest BCUT2D eigenvalue weighted by Crippen LogP contribution is -1.89. The van der Waals surface area contributed by atoms with Crippen molar-refractivity contribution in [1.29, 1.82) is 0 Å². The van der Waals surface area contributed by atoms with E-state index in [1.807, 2.05) is 30.3 Å². The molecule has 0 N–H and O–H groups in total. The van der Waals surface area contributed by atoms with Crippen LogP contribution in [0.1, 0.15) is 24.8 Å². The Kier molecular flexibility index (Phi) is 5.51. The fraction of sp³-hybridized carbons (Fsp3) is 0.222. The second-order valence-electron chi connectivity index (χ2n) is 4.99. The van der Waals surface area contributed by atoms with Crippen LogP contribution in [0.25, 0.3) is 11.1 Å². The topological polar surface area (TPSA) is 0 Å². The van der Waals surface area contributed by atoms with Crippen LogP contribution < -0.4 is 0 Å². The quantitative estimate of drug-likeness (QED) is 0.339. The Balaban J connectivity index is 2.10. The van der Waals surface area contributed by atoms with Gasteiger partial charge in [-0.15, -0.1) is 6.58 Å². The van der Waals surface area contributed by atoms with E-state index in [0.29, 0.717) is 5.56 Å². The molecule has 0 amide bonds. The van der Waals surface area contributed by atoms with E-state index in [1.165, 1.54) is 17.7 Å². The van der Waals surface area contributed by atoms with E-state index in [4.69, 9.17) is 11.6 Å². The van der Waals surface area contributed by atoms with Gasteiger partial charge in [0.05, 0.1) is 0 Å². The molecular weight excluding hydrogens is 290 g/mol. The van der Waals surface area contributed by atoms with E-state index in [0.717, 1.165) is 31.2 Å². The van der Waals surface area contributed by atoms with E-state index in [-0.39, 0.29) is 0 Å². The van der Waals surface area contributed by atoms with E-state index < -0.39 is 16.7 Å². The highest BCUT2D eigenvalue weighted by Gasteiger charge is 2.09. The molecule has 0 nitrogen and oxygen atoms in total. The van der Waals surface area contributed by atoms with Crippen molar-refractivity contribution in [2.75, 3.05) is 0 Å². The first-order valence-electron chi connectivity index (χ1n) is 6.96. The zero-order valence-corrected chi connectivity index (χ0v) is 12.5. The average Bonchev–Trinajstić information content (AvgIpc) is 2.49. The molecule has 0 aliphatic rings. The molecular formula is C18H17ClF2. The summed E-state index contributed by atoms with van der Waals surface area (Å²) in [6.45, 7) is 3.70. The molecule has 0 aliphatic carbocycles. The largest absolute Gasteiger partial charge is 0.205 e. The first kappa shape index (κ1) is 15.7. The van der Waals surface area contributed by atoms with Gasteiger partial charge in [0, 0.05) is 0 Å². The molecule has 0 unspecified atom stereocenters. The molecule has 0 atom stereocenters. The zero-order valence-electron chi connectivity index (χ0n) is 11.7. The normalized spacial score (nSPS) is 10.6. The molecule has 0 radical (unpaired) electrons. The molecule has 0 fully saturated rings. The van der Waals surface area contributed by atoms with Gasteiger partial charge in [0.25, 0.3) is 0 Å². The minimum Gasteiger partial charge on any atom is -0.205 e. The summed E-state index contributed by atoms with van der Waals surface area (Å²) >= 11 is 5.49. The number of allylic oxidation sites excluding steroid dienone is 1. The molecule has 21 heavy (non-hydrogen) atoms. The summed E-state index contributed by atoms with van der Waals surface area (Å²) in [6.07, 6.45) is 6.18. The third kappa shape index (κ3) is 4.15. The van der Waals surface area contributed by atoms with Crippen LogP contribution in [-0.2, 0) is 6.42 Å².